The summed E-state index contributed by atoms with van der Waals surface area (Å²) in [7, 11) is -1.32. The van der Waals surface area contributed by atoms with Crippen molar-refractivity contribution in [3.8, 4) is 0 Å². The van der Waals surface area contributed by atoms with Crippen molar-refractivity contribution >= 4 is 27.3 Å². The first kappa shape index (κ1) is 19.8. The van der Waals surface area contributed by atoms with E-state index in [9.17, 15) is 17.6 Å². The fraction of sp³-hybridized carbons (Fsp3) is 0.350. The van der Waals surface area contributed by atoms with Crippen LogP contribution in [0.15, 0.2) is 47.4 Å². The molecule has 0 radical (unpaired) electrons. The summed E-state index contributed by atoms with van der Waals surface area (Å²) in [5.74, 6) is -0.550. The van der Waals surface area contributed by atoms with Gasteiger partial charge in [0, 0.05) is 19.2 Å². The lowest BCUT2D eigenvalue weighted by Gasteiger charge is -2.40. The van der Waals surface area contributed by atoms with Crippen LogP contribution in [0.5, 0.6) is 0 Å². The van der Waals surface area contributed by atoms with E-state index in [-0.39, 0.29) is 23.4 Å². The van der Waals surface area contributed by atoms with Gasteiger partial charge in [0.25, 0.3) is 10.0 Å². The van der Waals surface area contributed by atoms with E-state index in [4.69, 9.17) is 4.84 Å². The van der Waals surface area contributed by atoms with Gasteiger partial charge in [0.15, 0.2) is 0 Å². The van der Waals surface area contributed by atoms with Gasteiger partial charge in [0.1, 0.15) is 11.9 Å². The van der Waals surface area contributed by atoms with Crippen molar-refractivity contribution in [1.29, 1.82) is 0 Å². The average Bonchev–Trinajstić information content (AvgIpc) is 3.21. The third-order valence-electron chi connectivity index (χ3n) is 5.53. The second-order valence-corrected chi connectivity index (χ2v) is 9.05. The molecule has 1 unspecified atom stereocenters. The quantitative estimate of drug-likeness (QED) is 0.697. The highest BCUT2D eigenvalue weighted by molar-refractivity contribution is 7.89. The average molecular weight is 419 g/mol. The minimum absolute atomic E-state index is 0.00424. The molecule has 0 saturated carbocycles. The number of nitrogens with zero attached hydrogens (tertiary/aromatic N) is 3. The van der Waals surface area contributed by atoms with Gasteiger partial charge >= 0.3 is 0 Å². The Bertz CT molecular complexity index is 1060. The number of rotatable bonds is 5. The van der Waals surface area contributed by atoms with E-state index in [1.165, 1.54) is 37.3 Å². The van der Waals surface area contributed by atoms with Crippen LogP contribution in [0.25, 0.3) is 0 Å². The van der Waals surface area contributed by atoms with Gasteiger partial charge in [0.05, 0.1) is 29.9 Å². The second kappa shape index (κ2) is 7.40. The first-order valence-electron chi connectivity index (χ1n) is 9.33. The van der Waals surface area contributed by atoms with E-state index in [0.717, 1.165) is 29.5 Å². The highest BCUT2D eigenvalue weighted by Crippen LogP contribution is 2.42. The summed E-state index contributed by atoms with van der Waals surface area (Å²) in [5.41, 5.74) is 1.62. The van der Waals surface area contributed by atoms with Gasteiger partial charge in [-0.25, -0.2) is 12.8 Å². The first-order chi connectivity index (χ1) is 13.8. The zero-order valence-electron chi connectivity index (χ0n) is 16.2. The van der Waals surface area contributed by atoms with Crippen molar-refractivity contribution in [1.82, 2.24) is 4.47 Å². The molecule has 154 valence electrons. The van der Waals surface area contributed by atoms with Crippen molar-refractivity contribution in [2.45, 2.75) is 30.3 Å². The highest BCUT2D eigenvalue weighted by atomic mass is 32.2. The van der Waals surface area contributed by atoms with Crippen molar-refractivity contribution < 1.29 is 22.4 Å². The normalized spacial score (nSPS) is 18.9. The Morgan fingerprint density at radius 3 is 2.69 bits per heavy atom. The van der Waals surface area contributed by atoms with E-state index in [1.54, 1.807) is 24.3 Å². The Morgan fingerprint density at radius 1 is 1.21 bits per heavy atom. The minimum atomic E-state index is -3.89. The maximum atomic E-state index is 14.3. The largest absolute Gasteiger partial charge is 0.358 e. The SMILES string of the molecule is CON(C)S(=O)(=O)c1ccc2c(c1)N(Cc1ccccc1F)C(=O)C1CCCN21. The van der Waals surface area contributed by atoms with Gasteiger partial charge in [-0.15, -0.1) is 0 Å². The van der Waals surface area contributed by atoms with Crippen LogP contribution in [-0.2, 0) is 26.2 Å². The number of benzene rings is 2. The van der Waals surface area contributed by atoms with Crippen molar-refractivity contribution in [2.75, 3.05) is 30.5 Å². The van der Waals surface area contributed by atoms with Crippen molar-refractivity contribution in [2.24, 2.45) is 0 Å². The fourth-order valence-corrected chi connectivity index (χ4v) is 4.93. The maximum Gasteiger partial charge on any atom is 0.264 e. The Balaban J connectivity index is 1.83. The number of anilines is 2. The number of amides is 1. The lowest BCUT2D eigenvalue weighted by Crippen LogP contribution is -2.50. The number of fused-ring (bicyclic) bond motifs is 3. The van der Waals surface area contributed by atoms with Gasteiger partial charge in [-0.3, -0.25) is 9.63 Å². The molecule has 2 heterocycles. The summed E-state index contributed by atoms with van der Waals surface area (Å²) in [6.45, 7) is 0.757. The lowest BCUT2D eigenvalue weighted by atomic mass is 10.1. The molecule has 4 rings (SSSR count). The summed E-state index contributed by atoms with van der Waals surface area (Å²) in [5, 5.41) is 0. The molecule has 0 bridgehead atoms. The Hall–Kier alpha value is -2.49. The van der Waals surface area contributed by atoms with E-state index in [2.05, 4.69) is 0 Å². The molecule has 1 atom stereocenters. The molecule has 2 aliphatic rings. The molecule has 7 nitrogen and oxygen atoms in total. The summed E-state index contributed by atoms with van der Waals surface area (Å²) in [6, 6.07) is 10.7. The second-order valence-electron chi connectivity index (χ2n) is 7.12. The molecule has 0 N–H and O–H groups in total. The predicted octanol–water partition coefficient (Wildman–Crippen LogP) is 2.52. The molecule has 0 aromatic heterocycles. The third-order valence-corrected chi connectivity index (χ3v) is 7.21. The summed E-state index contributed by atoms with van der Waals surface area (Å²) >= 11 is 0. The van der Waals surface area contributed by atoms with Gasteiger partial charge < -0.3 is 9.80 Å². The highest BCUT2D eigenvalue weighted by Gasteiger charge is 2.41. The van der Waals surface area contributed by atoms with E-state index in [0.29, 0.717) is 11.3 Å². The number of carbonyl (C=O) groups is 1. The number of hydroxylamine groups is 1. The van der Waals surface area contributed by atoms with E-state index < -0.39 is 15.8 Å². The predicted molar refractivity (Wildman–Crippen MR) is 106 cm³/mol. The molecule has 2 aromatic rings. The number of sulfonamides is 1. The van der Waals surface area contributed by atoms with Crippen LogP contribution in [0, 0.1) is 5.82 Å². The van der Waals surface area contributed by atoms with Crippen LogP contribution in [0.2, 0.25) is 0 Å². The van der Waals surface area contributed by atoms with Crippen LogP contribution in [-0.4, -0.2) is 45.5 Å². The molecule has 1 saturated heterocycles. The summed E-state index contributed by atoms with van der Waals surface area (Å²) in [4.78, 5) is 21.6. The fourth-order valence-electron chi connectivity index (χ4n) is 3.94. The maximum absolute atomic E-state index is 14.3. The lowest BCUT2D eigenvalue weighted by molar-refractivity contribution is -0.120. The zero-order chi connectivity index (χ0) is 20.8. The Morgan fingerprint density at radius 2 is 1.97 bits per heavy atom. The van der Waals surface area contributed by atoms with Crippen molar-refractivity contribution in [3.05, 3.63) is 53.8 Å². The van der Waals surface area contributed by atoms with Crippen LogP contribution < -0.4 is 9.80 Å². The smallest absolute Gasteiger partial charge is 0.264 e. The monoisotopic (exact) mass is 419 g/mol. The molecule has 0 aliphatic carbocycles. The summed E-state index contributed by atoms with van der Waals surface area (Å²) in [6.07, 6.45) is 1.59. The third kappa shape index (κ3) is 3.29. The molecular formula is C20H22FN3O4S. The Kier molecular flexibility index (Phi) is 5.05. The van der Waals surface area contributed by atoms with Crippen LogP contribution in [0.3, 0.4) is 0 Å². The van der Waals surface area contributed by atoms with Crippen LogP contribution in [0.1, 0.15) is 18.4 Å². The molecule has 1 amide bonds. The molecule has 2 aliphatic heterocycles. The Labute approximate surface area is 169 Å². The topological polar surface area (TPSA) is 70.2 Å². The molecule has 9 heteroatoms. The van der Waals surface area contributed by atoms with Gasteiger partial charge in [-0.2, -0.15) is 0 Å². The summed E-state index contributed by atoms with van der Waals surface area (Å²) < 4.78 is 40.4. The van der Waals surface area contributed by atoms with E-state index >= 15 is 0 Å². The minimum Gasteiger partial charge on any atom is -0.358 e. The van der Waals surface area contributed by atoms with E-state index in [1.807, 2.05) is 4.90 Å². The first-order valence-corrected chi connectivity index (χ1v) is 10.8. The molecule has 0 spiro atoms. The van der Waals surface area contributed by atoms with Crippen molar-refractivity contribution in [3.63, 3.8) is 0 Å². The van der Waals surface area contributed by atoms with Crippen LogP contribution in [0.4, 0.5) is 15.8 Å². The van der Waals surface area contributed by atoms with Crippen LogP contribution >= 0.6 is 0 Å². The zero-order valence-corrected chi connectivity index (χ0v) is 17.0. The number of hydrogen-bond donors (Lipinski definition) is 0. The number of hydrogen-bond acceptors (Lipinski definition) is 5. The van der Waals surface area contributed by atoms with Gasteiger partial charge in [-0.1, -0.05) is 22.7 Å². The standard InChI is InChI=1S/C20H22FN3O4S/c1-22(28-2)29(26,27)15-9-10-17-19(12-15)24(13-14-6-3-4-7-16(14)21)20(25)18-8-5-11-23(17)18/h3-4,6-7,9-10,12,18H,5,8,11,13H2,1-2H3. The molecular weight excluding hydrogens is 397 g/mol. The van der Waals surface area contributed by atoms with Gasteiger partial charge in [-0.05, 0) is 37.1 Å². The molecule has 1 fully saturated rings. The molecule has 29 heavy (non-hydrogen) atoms. The number of halogens is 1. The molecule has 2 aromatic carbocycles. The number of carbonyl (C=O) groups excluding carboxylic acids is 1. The van der Waals surface area contributed by atoms with Gasteiger partial charge in [0.2, 0.25) is 5.91 Å².